The largest absolute Gasteiger partial charge is 0.479 e. The van der Waals surface area contributed by atoms with Gasteiger partial charge in [0.25, 0.3) is 0 Å². The van der Waals surface area contributed by atoms with Gasteiger partial charge in [0, 0.05) is 26.1 Å². The number of rotatable bonds is 5. The lowest BCUT2D eigenvalue weighted by atomic mass is 9.96. The third-order valence-electron chi connectivity index (χ3n) is 3.51. The molecule has 2 rings (SSSR count). The topological polar surface area (TPSA) is 83.9 Å². The van der Waals surface area contributed by atoms with Gasteiger partial charge in [0.05, 0.1) is 5.02 Å². The summed E-state index contributed by atoms with van der Waals surface area (Å²) >= 11 is 5.96. The van der Waals surface area contributed by atoms with E-state index in [1.807, 2.05) is 0 Å². The molecule has 0 spiro atoms. The quantitative estimate of drug-likeness (QED) is 0.879. The van der Waals surface area contributed by atoms with Gasteiger partial charge < -0.3 is 9.84 Å². The SMILES string of the molecule is COC(C(=O)O)C1CN(S(=O)(=O)c2cc(C)ccc2Cl)C1. The highest BCUT2D eigenvalue weighted by Gasteiger charge is 2.43. The zero-order valence-corrected chi connectivity index (χ0v) is 13.2. The normalized spacial score (nSPS) is 18.2. The van der Waals surface area contributed by atoms with E-state index in [0.717, 1.165) is 5.56 Å². The summed E-state index contributed by atoms with van der Waals surface area (Å²) in [5.74, 6) is -1.45. The smallest absolute Gasteiger partial charge is 0.333 e. The van der Waals surface area contributed by atoms with Crippen molar-refractivity contribution in [2.24, 2.45) is 5.92 Å². The number of nitrogens with zero attached hydrogens (tertiary/aromatic N) is 1. The Morgan fingerprint density at radius 3 is 2.62 bits per heavy atom. The number of carboxylic acid groups (broad SMARTS) is 1. The second kappa shape index (κ2) is 5.92. The molecule has 0 radical (unpaired) electrons. The molecule has 1 aliphatic rings. The highest BCUT2D eigenvalue weighted by Crippen LogP contribution is 2.32. The van der Waals surface area contributed by atoms with Gasteiger partial charge in [0.15, 0.2) is 6.10 Å². The first-order chi connectivity index (χ1) is 9.77. The van der Waals surface area contributed by atoms with E-state index in [9.17, 15) is 13.2 Å². The van der Waals surface area contributed by atoms with Crippen molar-refractivity contribution in [3.8, 4) is 0 Å². The number of aryl methyl sites for hydroxylation is 1. The van der Waals surface area contributed by atoms with Gasteiger partial charge in [-0.2, -0.15) is 4.31 Å². The van der Waals surface area contributed by atoms with Crippen LogP contribution in [0.4, 0.5) is 0 Å². The van der Waals surface area contributed by atoms with Gasteiger partial charge in [0.1, 0.15) is 4.90 Å². The second-order valence-corrected chi connectivity index (χ2v) is 7.32. The fourth-order valence-corrected chi connectivity index (χ4v) is 4.41. The summed E-state index contributed by atoms with van der Waals surface area (Å²) < 4.78 is 31.0. The molecule has 0 aliphatic carbocycles. The Morgan fingerprint density at radius 1 is 1.48 bits per heavy atom. The third kappa shape index (κ3) is 3.06. The Hall–Kier alpha value is -1.15. The molecule has 8 heteroatoms. The number of ether oxygens (including phenoxy) is 1. The lowest BCUT2D eigenvalue weighted by Gasteiger charge is -2.40. The first-order valence-corrected chi connectivity index (χ1v) is 8.11. The molecule has 1 aromatic rings. The number of sulfonamides is 1. The van der Waals surface area contributed by atoms with E-state index in [-0.39, 0.29) is 28.9 Å². The predicted molar refractivity (Wildman–Crippen MR) is 76.9 cm³/mol. The molecule has 1 fully saturated rings. The monoisotopic (exact) mass is 333 g/mol. The van der Waals surface area contributed by atoms with Crippen LogP contribution in [-0.4, -0.2) is 50.1 Å². The average Bonchev–Trinajstić information content (AvgIpc) is 2.35. The van der Waals surface area contributed by atoms with Crippen LogP contribution in [0.1, 0.15) is 5.56 Å². The molecule has 0 saturated carbocycles. The molecule has 0 amide bonds. The molecule has 6 nitrogen and oxygen atoms in total. The van der Waals surface area contributed by atoms with E-state index < -0.39 is 22.1 Å². The summed E-state index contributed by atoms with van der Waals surface area (Å²) in [6.45, 7) is 1.99. The zero-order valence-electron chi connectivity index (χ0n) is 11.6. The Morgan fingerprint density at radius 2 is 2.10 bits per heavy atom. The minimum Gasteiger partial charge on any atom is -0.479 e. The number of aliphatic carboxylic acids is 1. The van der Waals surface area contributed by atoms with Crippen molar-refractivity contribution in [3.05, 3.63) is 28.8 Å². The van der Waals surface area contributed by atoms with E-state index in [0.29, 0.717) is 0 Å². The van der Waals surface area contributed by atoms with Crippen LogP contribution in [0.5, 0.6) is 0 Å². The Labute approximate surface area is 128 Å². The van der Waals surface area contributed by atoms with Gasteiger partial charge in [-0.3, -0.25) is 0 Å². The zero-order chi connectivity index (χ0) is 15.8. The summed E-state index contributed by atoms with van der Waals surface area (Å²) in [5, 5.41) is 9.14. The van der Waals surface area contributed by atoms with E-state index in [1.54, 1.807) is 13.0 Å². The number of carboxylic acids is 1. The molecule has 116 valence electrons. The van der Waals surface area contributed by atoms with Crippen molar-refractivity contribution in [2.45, 2.75) is 17.9 Å². The maximum absolute atomic E-state index is 12.5. The number of hydrogen-bond donors (Lipinski definition) is 1. The molecule has 1 unspecified atom stereocenters. The Kier molecular flexibility index (Phi) is 4.57. The first kappa shape index (κ1) is 16.2. The van der Waals surface area contributed by atoms with Crippen LogP contribution in [0, 0.1) is 12.8 Å². The van der Waals surface area contributed by atoms with Gasteiger partial charge in [-0.05, 0) is 24.6 Å². The van der Waals surface area contributed by atoms with Crippen molar-refractivity contribution in [1.29, 1.82) is 0 Å². The number of carbonyl (C=O) groups is 1. The van der Waals surface area contributed by atoms with Gasteiger partial charge >= 0.3 is 5.97 Å². The molecule has 1 atom stereocenters. The summed E-state index contributed by atoms with van der Waals surface area (Å²) in [6.07, 6.45) is -0.996. The van der Waals surface area contributed by atoms with Crippen LogP contribution in [0.15, 0.2) is 23.1 Å². The fourth-order valence-electron chi connectivity index (χ4n) is 2.30. The molecule has 1 aliphatic heterocycles. The summed E-state index contributed by atoms with van der Waals surface area (Å²) in [5.41, 5.74) is 0.787. The third-order valence-corrected chi connectivity index (χ3v) is 5.82. The number of halogens is 1. The molecule has 0 aromatic heterocycles. The Bertz CT molecular complexity index is 655. The van der Waals surface area contributed by atoms with Crippen molar-refractivity contribution in [2.75, 3.05) is 20.2 Å². The molecule has 1 aromatic carbocycles. The van der Waals surface area contributed by atoms with E-state index >= 15 is 0 Å². The van der Waals surface area contributed by atoms with Crippen LogP contribution in [-0.2, 0) is 19.6 Å². The standard InChI is InChI=1S/C13H16ClNO5S/c1-8-3-4-10(14)11(5-8)21(18,19)15-6-9(7-15)12(20-2)13(16)17/h3-5,9,12H,6-7H2,1-2H3,(H,16,17). The molecule has 1 saturated heterocycles. The van der Waals surface area contributed by atoms with Gasteiger partial charge in [0.2, 0.25) is 10.0 Å². The van der Waals surface area contributed by atoms with Crippen LogP contribution >= 0.6 is 11.6 Å². The fraction of sp³-hybridized carbons (Fsp3) is 0.462. The summed E-state index contributed by atoms with van der Waals surface area (Å²) in [4.78, 5) is 11.0. The van der Waals surface area contributed by atoms with E-state index in [1.165, 1.54) is 23.5 Å². The molecule has 1 N–H and O–H groups in total. The molecular weight excluding hydrogens is 318 g/mol. The highest BCUT2D eigenvalue weighted by atomic mass is 35.5. The molecular formula is C13H16ClNO5S. The predicted octanol–water partition coefficient (Wildman–Crippen LogP) is 1.37. The van der Waals surface area contributed by atoms with Crippen LogP contribution in [0.25, 0.3) is 0 Å². The number of hydrogen-bond acceptors (Lipinski definition) is 4. The van der Waals surface area contributed by atoms with Gasteiger partial charge in [-0.15, -0.1) is 0 Å². The minimum absolute atomic E-state index is 0.0481. The maximum atomic E-state index is 12.5. The summed E-state index contributed by atoms with van der Waals surface area (Å²) in [7, 11) is -2.40. The molecule has 1 heterocycles. The van der Waals surface area contributed by atoms with Crippen molar-refractivity contribution in [1.82, 2.24) is 4.31 Å². The molecule has 0 bridgehead atoms. The van der Waals surface area contributed by atoms with Crippen LogP contribution in [0.2, 0.25) is 5.02 Å². The van der Waals surface area contributed by atoms with Crippen molar-refractivity contribution in [3.63, 3.8) is 0 Å². The Balaban J connectivity index is 2.17. The first-order valence-electron chi connectivity index (χ1n) is 6.29. The number of methoxy groups -OCH3 is 1. The van der Waals surface area contributed by atoms with E-state index in [2.05, 4.69) is 0 Å². The van der Waals surface area contributed by atoms with Crippen LogP contribution < -0.4 is 0 Å². The summed E-state index contributed by atoms with van der Waals surface area (Å²) in [6, 6.07) is 4.78. The number of benzene rings is 1. The lowest BCUT2D eigenvalue weighted by molar-refractivity contribution is -0.154. The van der Waals surface area contributed by atoms with Gasteiger partial charge in [-0.1, -0.05) is 17.7 Å². The van der Waals surface area contributed by atoms with Crippen LogP contribution in [0.3, 0.4) is 0 Å². The van der Waals surface area contributed by atoms with Gasteiger partial charge in [-0.25, -0.2) is 13.2 Å². The second-order valence-electron chi connectivity index (χ2n) is 5.01. The molecule has 21 heavy (non-hydrogen) atoms. The van der Waals surface area contributed by atoms with Crippen molar-refractivity contribution >= 4 is 27.6 Å². The van der Waals surface area contributed by atoms with Crippen molar-refractivity contribution < 1.29 is 23.1 Å². The maximum Gasteiger partial charge on any atom is 0.333 e. The van der Waals surface area contributed by atoms with E-state index in [4.69, 9.17) is 21.4 Å². The average molecular weight is 334 g/mol. The highest BCUT2D eigenvalue weighted by molar-refractivity contribution is 7.89. The lowest BCUT2D eigenvalue weighted by Crippen LogP contribution is -2.56. The minimum atomic E-state index is -3.70.